The number of benzene rings is 1. The zero-order chi connectivity index (χ0) is 17.1. The molecule has 0 spiro atoms. The SMILES string of the molecule is CCc1nc2n(n1)C[C@@H](NCc1nnc(Cc3ccccc3)o1)CC2. The third-order valence-electron chi connectivity index (χ3n) is 4.47. The van der Waals surface area contributed by atoms with E-state index >= 15 is 0 Å². The second-order valence-corrected chi connectivity index (χ2v) is 6.35. The van der Waals surface area contributed by atoms with Gasteiger partial charge >= 0.3 is 0 Å². The number of nitrogens with one attached hydrogen (secondary N) is 1. The van der Waals surface area contributed by atoms with E-state index in [4.69, 9.17) is 4.42 Å². The lowest BCUT2D eigenvalue weighted by Crippen LogP contribution is -2.37. The highest BCUT2D eigenvalue weighted by molar-refractivity contribution is 5.17. The van der Waals surface area contributed by atoms with Crippen molar-refractivity contribution in [2.45, 2.75) is 51.7 Å². The van der Waals surface area contributed by atoms with Crippen LogP contribution in [0.5, 0.6) is 0 Å². The Labute approximate surface area is 146 Å². The molecule has 1 aliphatic rings. The molecule has 7 nitrogen and oxygen atoms in total. The van der Waals surface area contributed by atoms with Gasteiger partial charge in [-0.15, -0.1) is 10.2 Å². The fourth-order valence-electron chi connectivity index (χ4n) is 3.11. The molecule has 2 aromatic heterocycles. The fourth-order valence-corrected chi connectivity index (χ4v) is 3.11. The molecule has 7 heteroatoms. The molecule has 25 heavy (non-hydrogen) atoms. The minimum atomic E-state index is 0.350. The smallest absolute Gasteiger partial charge is 0.230 e. The van der Waals surface area contributed by atoms with Crippen molar-refractivity contribution in [3.05, 3.63) is 59.3 Å². The molecule has 0 bridgehead atoms. The summed E-state index contributed by atoms with van der Waals surface area (Å²) in [6.45, 7) is 3.50. The lowest BCUT2D eigenvalue weighted by Gasteiger charge is -2.22. The van der Waals surface area contributed by atoms with Crippen LogP contribution in [-0.2, 0) is 32.4 Å². The Hall–Kier alpha value is -2.54. The maximum Gasteiger partial charge on any atom is 0.230 e. The van der Waals surface area contributed by atoms with Crippen molar-refractivity contribution < 1.29 is 4.42 Å². The second kappa shape index (κ2) is 7.14. The molecule has 130 valence electrons. The van der Waals surface area contributed by atoms with Crippen LogP contribution in [0.2, 0.25) is 0 Å². The summed E-state index contributed by atoms with van der Waals surface area (Å²) in [5, 5.41) is 16.3. The first-order valence-corrected chi connectivity index (χ1v) is 8.81. The van der Waals surface area contributed by atoms with Crippen LogP contribution in [0.15, 0.2) is 34.7 Å². The average Bonchev–Trinajstić information content (AvgIpc) is 3.26. The highest BCUT2D eigenvalue weighted by Gasteiger charge is 2.21. The molecule has 1 atom stereocenters. The topological polar surface area (TPSA) is 81.7 Å². The Morgan fingerprint density at radius 1 is 1.20 bits per heavy atom. The summed E-state index contributed by atoms with van der Waals surface area (Å²) in [6, 6.07) is 10.5. The third-order valence-corrected chi connectivity index (χ3v) is 4.47. The molecule has 0 unspecified atom stereocenters. The van der Waals surface area contributed by atoms with Crippen LogP contribution in [0, 0.1) is 0 Å². The molecule has 0 saturated heterocycles. The first-order valence-electron chi connectivity index (χ1n) is 8.81. The summed E-state index contributed by atoms with van der Waals surface area (Å²) in [5.41, 5.74) is 1.17. The summed E-state index contributed by atoms with van der Waals surface area (Å²) in [7, 11) is 0. The number of hydrogen-bond acceptors (Lipinski definition) is 6. The molecule has 1 aromatic carbocycles. The molecule has 4 rings (SSSR count). The summed E-state index contributed by atoms with van der Waals surface area (Å²) in [6.07, 6.45) is 3.55. The Bertz CT molecular complexity index is 825. The summed E-state index contributed by atoms with van der Waals surface area (Å²) in [4.78, 5) is 4.55. The molecular weight excluding hydrogens is 316 g/mol. The van der Waals surface area contributed by atoms with E-state index in [-0.39, 0.29) is 0 Å². The molecule has 1 aliphatic heterocycles. The zero-order valence-electron chi connectivity index (χ0n) is 14.4. The molecule has 0 amide bonds. The highest BCUT2D eigenvalue weighted by Crippen LogP contribution is 2.14. The number of hydrogen-bond donors (Lipinski definition) is 1. The van der Waals surface area contributed by atoms with Gasteiger partial charge in [0.1, 0.15) is 5.82 Å². The van der Waals surface area contributed by atoms with Gasteiger partial charge in [0.25, 0.3) is 0 Å². The number of fused-ring (bicyclic) bond motifs is 1. The molecule has 3 aromatic rings. The van der Waals surface area contributed by atoms with Crippen molar-refractivity contribution in [2.75, 3.05) is 0 Å². The van der Waals surface area contributed by atoms with Gasteiger partial charge in [0, 0.05) is 18.9 Å². The van der Waals surface area contributed by atoms with Gasteiger partial charge in [0.2, 0.25) is 11.8 Å². The second-order valence-electron chi connectivity index (χ2n) is 6.35. The first kappa shape index (κ1) is 16.0. The highest BCUT2D eigenvalue weighted by atomic mass is 16.4. The van der Waals surface area contributed by atoms with E-state index in [1.165, 1.54) is 5.56 Å². The molecule has 0 fully saturated rings. The number of aryl methyl sites for hydroxylation is 2. The van der Waals surface area contributed by atoms with Gasteiger partial charge in [-0.25, -0.2) is 9.67 Å². The Kier molecular flexibility index (Phi) is 4.56. The van der Waals surface area contributed by atoms with E-state index < -0.39 is 0 Å². The number of nitrogens with zero attached hydrogens (tertiary/aromatic N) is 5. The van der Waals surface area contributed by atoms with Crippen molar-refractivity contribution in [1.82, 2.24) is 30.3 Å². The quantitative estimate of drug-likeness (QED) is 0.739. The van der Waals surface area contributed by atoms with Gasteiger partial charge in [0.15, 0.2) is 5.82 Å². The predicted octanol–water partition coefficient (Wildman–Crippen LogP) is 1.92. The van der Waals surface area contributed by atoms with Crippen LogP contribution in [0.25, 0.3) is 0 Å². The van der Waals surface area contributed by atoms with Gasteiger partial charge in [-0.2, -0.15) is 5.10 Å². The summed E-state index contributed by atoms with van der Waals surface area (Å²) < 4.78 is 7.77. The summed E-state index contributed by atoms with van der Waals surface area (Å²) in [5.74, 6) is 3.30. The molecule has 0 saturated carbocycles. The largest absolute Gasteiger partial charge is 0.424 e. The van der Waals surface area contributed by atoms with Crippen molar-refractivity contribution in [3.63, 3.8) is 0 Å². The maximum absolute atomic E-state index is 5.75. The number of aromatic nitrogens is 5. The Balaban J connectivity index is 1.32. The van der Waals surface area contributed by atoms with Crippen LogP contribution in [0.3, 0.4) is 0 Å². The lowest BCUT2D eigenvalue weighted by molar-refractivity contribution is 0.338. The predicted molar refractivity (Wildman–Crippen MR) is 91.9 cm³/mol. The van der Waals surface area contributed by atoms with Crippen molar-refractivity contribution >= 4 is 0 Å². The minimum absolute atomic E-state index is 0.350. The normalized spacial score (nSPS) is 16.8. The van der Waals surface area contributed by atoms with Crippen molar-refractivity contribution in [1.29, 1.82) is 0 Å². The van der Waals surface area contributed by atoms with Crippen LogP contribution in [-0.4, -0.2) is 31.0 Å². The standard InChI is InChI=1S/C18H22N6O/c1-2-15-20-16-9-8-14(12-24(16)23-15)19-11-18-22-21-17(25-18)10-13-6-4-3-5-7-13/h3-7,14,19H,2,8-12H2,1H3/t14-/m0/s1. The van der Waals surface area contributed by atoms with Gasteiger partial charge in [-0.3, -0.25) is 0 Å². The van der Waals surface area contributed by atoms with Gasteiger partial charge in [0.05, 0.1) is 19.5 Å². The van der Waals surface area contributed by atoms with E-state index in [2.05, 4.69) is 44.7 Å². The zero-order valence-corrected chi connectivity index (χ0v) is 14.4. The monoisotopic (exact) mass is 338 g/mol. The van der Waals surface area contributed by atoms with Gasteiger partial charge < -0.3 is 9.73 Å². The van der Waals surface area contributed by atoms with Crippen molar-refractivity contribution in [2.24, 2.45) is 0 Å². The van der Waals surface area contributed by atoms with E-state index in [9.17, 15) is 0 Å². The van der Waals surface area contributed by atoms with Gasteiger partial charge in [-0.1, -0.05) is 37.3 Å². The third kappa shape index (κ3) is 3.76. The van der Waals surface area contributed by atoms with Crippen LogP contribution in [0.4, 0.5) is 0 Å². The summed E-state index contributed by atoms with van der Waals surface area (Å²) >= 11 is 0. The molecule has 1 N–H and O–H groups in total. The van der Waals surface area contributed by atoms with Crippen molar-refractivity contribution in [3.8, 4) is 0 Å². The number of rotatable bonds is 6. The molecule has 0 radical (unpaired) electrons. The first-order chi connectivity index (χ1) is 12.3. The maximum atomic E-state index is 5.75. The van der Waals surface area contributed by atoms with Gasteiger partial charge in [-0.05, 0) is 12.0 Å². The molecular formula is C18H22N6O. The van der Waals surface area contributed by atoms with Crippen LogP contribution in [0.1, 0.15) is 42.3 Å². The molecule has 3 heterocycles. The van der Waals surface area contributed by atoms with E-state index in [0.29, 0.717) is 30.8 Å². The fraction of sp³-hybridized carbons (Fsp3) is 0.444. The lowest BCUT2D eigenvalue weighted by atomic mass is 10.1. The minimum Gasteiger partial charge on any atom is -0.424 e. The van der Waals surface area contributed by atoms with E-state index in [1.807, 2.05) is 22.9 Å². The van der Waals surface area contributed by atoms with E-state index in [0.717, 1.165) is 37.5 Å². The van der Waals surface area contributed by atoms with Crippen LogP contribution < -0.4 is 5.32 Å². The van der Waals surface area contributed by atoms with E-state index in [1.54, 1.807) is 0 Å². The van der Waals surface area contributed by atoms with Crippen LogP contribution >= 0.6 is 0 Å². The average molecular weight is 338 g/mol. The Morgan fingerprint density at radius 3 is 2.88 bits per heavy atom. The Morgan fingerprint density at radius 2 is 2.04 bits per heavy atom. The molecule has 0 aliphatic carbocycles.